The molecule has 3 heteroatoms. The number of aliphatic hydroxyl groups is 1. The van der Waals surface area contributed by atoms with Crippen LogP contribution in [0.5, 0.6) is 0 Å². The molecule has 0 unspecified atom stereocenters. The van der Waals surface area contributed by atoms with Crippen molar-refractivity contribution in [2.45, 2.75) is 18.6 Å². The third-order valence-electron chi connectivity index (χ3n) is 4.60. The van der Waals surface area contributed by atoms with Gasteiger partial charge in [-0.1, -0.05) is 48.5 Å². The van der Waals surface area contributed by atoms with Gasteiger partial charge in [0.15, 0.2) is 0 Å². The lowest BCUT2D eigenvalue weighted by Crippen LogP contribution is -2.18. The molecular formula is C19H19NO2. The molecule has 4 rings (SSSR count). The Morgan fingerprint density at radius 2 is 1.73 bits per heavy atom. The van der Waals surface area contributed by atoms with Crippen LogP contribution in [-0.2, 0) is 4.84 Å². The summed E-state index contributed by atoms with van der Waals surface area (Å²) in [5.74, 6) is 0. The molecule has 1 aliphatic rings. The number of aliphatic hydroxyl groups excluding tert-OH is 1. The number of hydroxylamine groups is 2. The van der Waals surface area contributed by atoms with Crippen LogP contribution >= 0.6 is 0 Å². The number of nitrogens with zero attached hydrogens (tertiary/aromatic N) is 1. The Morgan fingerprint density at radius 1 is 1.05 bits per heavy atom. The SMILES string of the molecule is CN1O[C@@H](CO)C[C@@H]1c1cc2ccccc2c2ccccc12. The van der Waals surface area contributed by atoms with Crippen LogP contribution in [0.1, 0.15) is 18.0 Å². The summed E-state index contributed by atoms with van der Waals surface area (Å²) in [4.78, 5) is 5.72. The summed E-state index contributed by atoms with van der Waals surface area (Å²) in [7, 11) is 1.95. The second-order valence-electron chi connectivity index (χ2n) is 5.94. The maximum Gasteiger partial charge on any atom is 0.104 e. The minimum absolute atomic E-state index is 0.0619. The predicted octanol–water partition coefficient (Wildman–Crippen LogP) is 3.66. The highest BCUT2D eigenvalue weighted by molar-refractivity contribution is 6.09. The van der Waals surface area contributed by atoms with E-state index in [1.165, 1.54) is 27.1 Å². The molecule has 3 nitrogen and oxygen atoms in total. The first-order valence-corrected chi connectivity index (χ1v) is 7.69. The van der Waals surface area contributed by atoms with Crippen molar-refractivity contribution in [3.05, 3.63) is 60.2 Å². The monoisotopic (exact) mass is 293 g/mol. The molecule has 2 atom stereocenters. The summed E-state index contributed by atoms with van der Waals surface area (Å²) in [6, 6.07) is 19.5. The average molecular weight is 293 g/mol. The van der Waals surface area contributed by atoms with E-state index in [1.807, 2.05) is 12.1 Å². The van der Waals surface area contributed by atoms with Gasteiger partial charge in [0.05, 0.1) is 12.6 Å². The second-order valence-corrected chi connectivity index (χ2v) is 5.94. The van der Waals surface area contributed by atoms with Crippen LogP contribution < -0.4 is 0 Å². The molecule has 0 aliphatic carbocycles. The molecule has 1 heterocycles. The Morgan fingerprint density at radius 3 is 2.45 bits per heavy atom. The van der Waals surface area contributed by atoms with E-state index in [-0.39, 0.29) is 18.8 Å². The van der Waals surface area contributed by atoms with Crippen LogP contribution in [-0.4, -0.2) is 29.9 Å². The highest BCUT2D eigenvalue weighted by Gasteiger charge is 2.32. The van der Waals surface area contributed by atoms with Crippen molar-refractivity contribution in [1.82, 2.24) is 5.06 Å². The maximum absolute atomic E-state index is 9.38. The summed E-state index contributed by atoms with van der Waals surface area (Å²) in [6.45, 7) is 0.0619. The topological polar surface area (TPSA) is 32.7 Å². The lowest BCUT2D eigenvalue weighted by molar-refractivity contribution is -0.153. The fourth-order valence-electron chi connectivity index (χ4n) is 3.54. The standard InChI is InChI=1S/C19H19NO2/c1-20-19(11-14(12-21)22-20)18-10-13-6-2-3-7-15(13)16-8-4-5-9-17(16)18/h2-10,14,19,21H,11-12H2,1H3/t14-,19-/m1/s1. The van der Waals surface area contributed by atoms with Gasteiger partial charge < -0.3 is 5.11 Å². The van der Waals surface area contributed by atoms with Crippen LogP contribution in [0.4, 0.5) is 0 Å². The van der Waals surface area contributed by atoms with E-state index in [0.29, 0.717) is 0 Å². The smallest absolute Gasteiger partial charge is 0.104 e. The third kappa shape index (κ3) is 2.10. The molecule has 0 aromatic heterocycles. The van der Waals surface area contributed by atoms with Crippen molar-refractivity contribution in [3.63, 3.8) is 0 Å². The van der Waals surface area contributed by atoms with Gasteiger partial charge in [-0.05, 0) is 39.6 Å². The van der Waals surface area contributed by atoms with E-state index in [9.17, 15) is 5.11 Å². The molecule has 0 amide bonds. The zero-order valence-electron chi connectivity index (χ0n) is 12.6. The van der Waals surface area contributed by atoms with Crippen LogP contribution in [0, 0.1) is 0 Å². The minimum atomic E-state index is -0.111. The Bertz CT molecular complexity index is 830. The highest BCUT2D eigenvalue weighted by Crippen LogP contribution is 2.39. The van der Waals surface area contributed by atoms with Crippen molar-refractivity contribution in [1.29, 1.82) is 0 Å². The van der Waals surface area contributed by atoms with E-state index in [0.717, 1.165) is 6.42 Å². The molecule has 0 radical (unpaired) electrons. The van der Waals surface area contributed by atoms with E-state index >= 15 is 0 Å². The number of hydrogen-bond donors (Lipinski definition) is 1. The van der Waals surface area contributed by atoms with E-state index < -0.39 is 0 Å². The van der Waals surface area contributed by atoms with Gasteiger partial charge >= 0.3 is 0 Å². The molecule has 1 N–H and O–H groups in total. The zero-order chi connectivity index (χ0) is 15.1. The molecule has 1 aliphatic heterocycles. The number of hydrogen-bond acceptors (Lipinski definition) is 3. The van der Waals surface area contributed by atoms with Crippen LogP contribution in [0.3, 0.4) is 0 Å². The van der Waals surface area contributed by atoms with Crippen molar-refractivity contribution < 1.29 is 9.94 Å². The molecule has 0 spiro atoms. The molecule has 0 bridgehead atoms. The molecule has 3 aromatic carbocycles. The highest BCUT2D eigenvalue weighted by atomic mass is 16.7. The number of fused-ring (bicyclic) bond motifs is 3. The Hall–Kier alpha value is -1.94. The summed E-state index contributed by atoms with van der Waals surface area (Å²) >= 11 is 0. The van der Waals surface area contributed by atoms with Crippen LogP contribution in [0.25, 0.3) is 21.5 Å². The number of rotatable bonds is 2. The first-order valence-electron chi connectivity index (χ1n) is 7.69. The summed E-state index contributed by atoms with van der Waals surface area (Å²) < 4.78 is 0. The number of benzene rings is 3. The van der Waals surface area contributed by atoms with E-state index in [2.05, 4.69) is 54.6 Å². The Kier molecular flexibility index (Phi) is 3.34. The third-order valence-corrected chi connectivity index (χ3v) is 4.60. The van der Waals surface area contributed by atoms with Crippen LogP contribution in [0.2, 0.25) is 0 Å². The van der Waals surface area contributed by atoms with Gasteiger partial charge in [-0.15, -0.1) is 0 Å². The van der Waals surface area contributed by atoms with Gasteiger partial charge in [0.1, 0.15) is 6.10 Å². The van der Waals surface area contributed by atoms with Gasteiger partial charge in [0.2, 0.25) is 0 Å². The molecule has 22 heavy (non-hydrogen) atoms. The summed E-state index contributed by atoms with van der Waals surface area (Å²) in [5.41, 5.74) is 1.27. The largest absolute Gasteiger partial charge is 0.394 e. The van der Waals surface area contributed by atoms with Crippen molar-refractivity contribution >= 4 is 21.5 Å². The first-order chi connectivity index (χ1) is 10.8. The molecule has 3 aromatic rings. The lowest BCUT2D eigenvalue weighted by Gasteiger charge is -2.20. The molecule has 112 valence electrons. The molecule has 0 saturated carbocycles. The van der Waals surface area contributed by atoms with Gasteiger partial charge in [0, 0.05) is 7.05 Å². The van der Waals surface area contributed by atoms with Crippen LogP contribution in [0.15, 0.2) is 54.6 Å². The molecule has 1 fully saturated rings. The van der Waals surface area contributed by atoms with Gasteiger partial charge in [-0.25, -0.2) is 0 Å². The minimum Gasteiger partial charge on any atom is -0.394 e. The lowest BCUT2D eigenvalue weighted by atomic mass is 9.92. The van der Waals surface area contributed by atoms with Crippen molar-refractivity contribution in [3.8, 4) is 0 Å². The quantitative estimate of drug-likeness (QED) is 0.732. The maximum atomic E-state index is 9.38. The molecule has 1 saturated heterocycles. The normalized spacial score (nSPS) is 22.6. The molecular weight excluding hydrogens is 274 g/mol. The van der Waals surface area contributed by atoms with Gasteiger partial charge in [-0.2, -0.15) is 5.06 Å². The predicted molar refractivity (Wildman–Crippen MR) is 88.5 cm³/mol. The van der Waals surface area contributed by atoms with Gasteiger partial charge in [-0.3, -0.25) is 4.84 Å². The second kappa shape index (κ2) is 5.36. The fourth-order valence-corrected chi connectivity index (χ4v) is 3.54. The van der Waals surface area contributed by atoms with Crippen molar-refractivity contribution in [2.75, 3.05) is 13.7 Å². The summed E-state index contributed by atoms with van der Waals surface area (Å²) in [5, 5.41) is 16.3. The van der Waals surface area contributed by atoms with Gasteiger partial charge in [0.25, 0.3) is 0 Å². The Labute approximate surface area is 129 Å². The van der Waals surface area contributed by atoms with Crippen molar-refractivity contribution in [2.24, 2.45) is 0 Å². The fraction of sp³-hybridized carbons (Fsp3) is 0.263. The average Bonchev–Trinajstić information content (AvgIpc) is 2.95. The van der Waals surface area contributed by atoms with E-state index in [1.54, 1.807) is 0 Å². The Balaban J connectivity index is 1.96. The first kappa shape index (κ1) is 13.7. The summed E-state index contributed by atoms with van der Waals surface area (Å²) in [6.07, 6.45) is 0.704. The zero-order valence-corrected chi connectivity index (χ0v) is 12.6. The van der Waals surface area contributed by atoms with E-state index in [4.69, 9.17) is 4.84 Å².